The minimum Gasteiger partial charge on any atom is -0.364 e. The van der Waals surface area contributed by atoms with Gasteiger partial charge in [0.25, 0.3) is 0 Å². The van der Waals surface area contributed by atoms with E-state index in [9.17, 15) is 0 Å². The smallest absolute Gasteiger partial charge is 0.108 e. The van der Waals surface area contributed by atoms with Gasteiger partial charge in [-0.25, -0.2) is 0 Å². The van der Waals surface area contributed by atoms with E-state index in [0.717, 1.165) is 16.9 Å². The van der Waals surface area contributed by atoms with E-state index >= 15 is 0 Å². The van der Waals surface area contributed by atoms with E-state index in [-0.39, 0.29) is 6.04 Å². The van der Waals surface area contributed by atoms with Gasteiger partial charge in [-0.2, -0.15) is 5.10 Å². The summed E-state index contributed by atoms with van der Waals surface area (Å²) in [6.45, 7) is 3.93. The molecule has 1 atom stereocenters. The average molecular weight is 217 g/mol. The van der Waals surface area contributed by atoms with E-state index in [2.05, 4.69) is 15.0 Å². The molecule has 0 fully saturated rings. The van der Waals surface area contributed by atoms with Gasteiger partial charge < -0.3 is 10.7 Å². The van der Waals surface area contributed by atoms with Gasteiger partial charge in [-0.15, -0.1) is 0 Å². The van der Waals surface area contributed by atoms with Crippen molar-refractivity contribution >= 4 is 17.1 Å². The molecule has 1 aromatic rings. The molecule has 1 aromatic heterocycles. The van der Waals surface area contributed by atoms with Crippen LogP contribution >= 0.6 is 0 Å². The van der Waals surface area contributed by atoms with E-state index in [1.807, 2.05) is 27.0 Å². The Morgan fingerprint density at radius 2 is 2.25 bits per heavy atom. The number of anilines is 1. The first-order valence-electron chi connectivity index (χ1n) is 5.13. The highest BCUT2D eigenvalue weighted by atomic mass is 15.2. The molecule has 5 nitrogen and oxygen atoms in total. The summed E-state index contributed by atoms with van der Waals surface area (Å²) in [4.78, 5) is 6.31. The monoisotopic (exact) mass is 217 g/mol. The van der Waals surface area contributed by atoms with Crippen LogP contribution in [0.15, 0.2) is 17.4 Å². The second-order valence-corrected chi connectivity index (χ2v) is 3.97. The molecular weight excluding hydrogens is 202 g/mol. The standard InChI is InChI=1S/C11H15N5/c1-6-11-8(4-5-14-6)9(12)10(15-13)7(2)16(11)3/h4-5,7,12H,13H2,1-3H3/b12-9?,15-10-. The highest BCUT2D eigenvalue weighted by Crippen LogP contribution is 2.29. The summed E-state index contributed by atoms with van der Waals surface area (Å²) in [7, 11) is 1.97. The number of aryl methyl sites for hydroxylation is 1. The van der Waals surface area contributed by atoms with Crippen molar-refractivity contribution in [2.45, 2.75) is 19.9 Å². The first-order valence-corrected chi connectivity index (χ1v) is 5.13. The molecule has 0 aromatic carbocycles. The summed E-state index contributed by atoms with van der Waals surface area (Å²) >= 11 is 0. The molecule has 0 amide bonds. The third-order valence-corrected chi connectivity index (χ3v) is 3.10. The predicted octanol–water partition coefficient (Wildman–Crippen LogP) is 0.911. The fraction of sp³-hybridized carbons (Fsp3) is 0.364. The molecule has 84 valence electrons. The van der Waals surface area contributed by atoms with Crippen LogP contribution in [0.3, 0.4) is 0 Å². The molecule has 1 unspecified atom stereocenters. The van der Waals surface area contributed by atoms with E-state index in [4.69, 9.17) is 11.3 Å². The fourth-order valence-corrected chi connectivity index (χ4v) is 2.10. The number of nitrogens with two attached hydrogens (primary N) is 1. The molecule has 0 saturated heterocycles. The van der Waals surface area contributed by atoms with Crippen LogP contribution in [0.4, 0.5) is 5.69 Å². The molecular formula is C11H15N5. The second-order valence-electron chi connectivity index (χ2n) is 3.97. The number of fused-ring (bicyclic) bond motifs is 1. The summed E-state index contributed by atoms with van der Waals surface area (Å²) in [5, 5.41) is 11.8. The third-order valence-electron chi connectivity index (χ3n) is 3.10. The van der Waals surface area contributed by atoms with Crippen LogP contribution in [0, 0.1) is 12.3 Å². The first kappa shape index (κ1) is 10.6. The van der Waals surface area contributed by atoms with Crippen molar-refractivity contribution in [3.8, 4) is 0 Å². The van der Waals surface area contributed by atoms with E-state index in [1.54, 1.807) is 6.20 Å². The molecule has 2 rings (SSSR count). The van der Waals surface area contributed by atoms with Crippen molar-refractivity contribution in [3.63, 3.8) is 0 Å². The van der Waals surface area contributed by atoms with Gasteiger partial charge in [0, 0.05) is 18.8 Å². The van der Waals surface area contributed by atoms with Crippen molar-refractivity contribution in [3.05, 3.63) is 23.5 Å². The number of hydrogen-bond acceptors (Lipinski definition) is 5. The Hall–Kier alpha value is -1.91. The van der Waals surface area contributed by atoms with E-state index < -0.39 is 0 Å². The third kappa shape index (κ3) is 1.28. The SMILES string of the molecule is Cc1nccc2c1N(C)C(C)/C(=N/N)C2=N. The van der Waals surface area contributed by atoms with Crippen LogP contribution in [-0.4, -0.2) is 29.5 Å². The van der Waals surface area contributed by atoms with Crippen LogP contribution in [0.1, 0.15) is 18.2 Å². The Kier molecular flexibility index (Phi) is 2.38. The number of nitrogens with one attached hydrogen (secondary N) is 1. The van der Waals surface area contributed by atoms with Crippen molar-refractivity contribution < 1.29 is 0 Å². The number of hydrogen-bond donors (Lipinski definition) is 2. The molecule has 0 saturated carbocycles. The Morgan fingerprint density at radius 3 is 2.88 bits per heavy atom. The molecule has 1 aliphatic heterocycles. The van der Waals surface area contributed by atoms with Gasteiger partial charge in [0.1, 0.15) is 5.71 Å². The maximum atomic E-state index is 8.08. The summed E-state index contributed by atoms with van der Waals surface area (Å²) in [5.74, 6) is 5.35. The molecule has 0 bridgehead atoms. The van der Waals surface area contributed by atoms with Crippen LogP contribution in [-0.2, 0) is 0 Å². The molecule has 2 heterocycles. The first-order chi connectivity index (χ1) is 7.57. The molecule has 0 aliphatic carbocycles. The van der Waals surface area contributed by atoms with Gasteiger partial charge in [-0.05, 0) is 19.9 Å². The summed E-state index contributed by atoms with van der Waals surface area (Å²) in [6.07, 6.45) is 1.71. The number of pyridine rings is 1. The number of hydrazone groups is 1. The van der Waals surface area contributed by atoms with Crippen LogP contribution in [0.2, 0.25) is 0 Å². The van der Waals surface area contributed by atoms with Gasteiger partial charge >= 0.3 is 0 Å². The molecule has 1 aliphatic rings. The van der Waals surface area contributed by atoms with Crippen LogP contribution < -0.4 is 10.7 Å². The maximum Gasteiger partial charge on any atom is 0.108 e. The lowest BCUT2D eigenvalue weighted by molar-refractivity contribution is 0.840. The zero-order chi connectivity index (χ0) is 11.9. The van der Waals surface area contributed by atoms with Gasteiger partial charge in [0.15, 0.2) is 0 Å². The summed E-state index contributed by atoms with van der Waals surface area (Å²) in [6, 6.07) is 1.84. The highest BCUT2D eigenvalue weighted by molar-refractivity contribution is 6.51. The highest BCUT2D eigenvalue weighted by Gasteiger charge is 2.31. The van der Waals surface area contributed by atoms with Crippen molar-refractivity contribution in [1.29, 1.82) is 5.41 Å². The molecule has 0 spiro atoms. The molecule has 3 N–H and O–H groups in total. The molecule has 5 heteroatoms. The Balaban J connectivity index is 2.69. The Labute approximate surface area is 94.5 Å². The fourth-order valence-electron chi connectivity index (χ4n) is 2.10. The molecule has 0 radical (unpaired) electrons. The summed E-state index contributed by atoms with van der Waals surface area (Å²) < 4.78 is 0. The lowest BCUT2D eigenvalue weighted by atomic mass is 9.93. The van der Waals surface area contributed by atoms with E-state index in [0.29, 0.717) is 11.4 Å². The van der Waals surface area contributed by atoms with Crippen LogP contribution in [0.5, 0.6) is 0 Å². The maximum absolute atomic E-state index is 8.08. The van der Waals surface area contributed by atoms with Gasteiger partial charge in [-0.1, -0.05) is 0 Å². The quantitative estimate of drug-likeness (QED) is 0.501. The summed E-state index contributed by atoms with van der Waals surface area (Å²) in [5.41, 5.74) is 3.77. The Morgan fingerprint density at radius 1 is 1.56 bits per heavy atom. The van der Waals surface area contributed by atoms with Crippen molar-refractivity contribution in [1.82, 2.24) is 4.98 Å². The number of nitrogens with zero attached hydrogens (tertiary/aromatic N) is 3. The zero-order valence-corrected chi connectivity index (χ0v) is 9.65. The second kappa shape index (κ2) is 3.59. The minimum atomic E-state index is 0.00731. The zero-order valence-electron chi connectivity index (χ0n) is 9.65. The minimum absolute atomic E-state index is 0.00731. The normalized spacial score (nSPS) is 22.4. The average Bonchev–Trinajstić information content (AvgIpc) is 2.27. The lowest BCUT2D eigenvalue weighted by Crippen LogP contribution is -2.46. The Bertz CT molecular complexity index is 477. The van der Waals surface area contributed by atoms with Gasteiger partial charge in [-0.3, -0.25) is 10.4 Å². The number of aromatic nitrogens is 1. The van der Waals surface area contributed by atoms with Crippen molar-refractivity contribution in [2.75, 3.05) is 11.9 Å². The van der Waals surface area contributed by atoms with Crippen LogP contribution in [0.25, 0.3) is 0 Å². The lowest BCUT2D eigenvalue weighted by Gasteiger charge is -2.35. The molecule has 16 heavy (non-hydrogen) atoms. The van der Waals surface area contributed by atoms with Gasteiger partial charge in [0.05, 0.1) is 23.1 Å². The topological polar surface area (TPSA) is 78.4 Å². The van der Waals surface area contributed by atoms with E-state index in [1.165, 1.54) is 0 Å². The number of rotatable bonds is 0. The van der Waals surface area contributed by atoms with Gasteiger partial charge in [0.2, 0.25) is 0 Å². The van der Waals surface area contributed by atoms with Crippen molar-refractivity contribution in [2.24, 2.45) is 10.9 Å². The largest absolute Gasteiger partial charge is 0.364 e. The predicted molar refractivity (Wildman–Crippen MR) is 65.3 cm³/mol.